The minimum atomic E-state index is -2.53. The van der Waals surface area contributed by atoms with E-state index in [4.69, 9.17) is 0 Å². The van der Waals surface area contributed by atoms with Gasteiger partial charge in [-0.2, -0.15) is 5.10 Å². The smallest absolute Gasteiger partial charge is 0.248 e. The molecule has 4 nitrogen and oxygen atoms in total. The summed E-state index contributed by atoms with van der Waals surface area (Å²) in [5, 5.41) is 7.25. The van der Waals surface area contributed by atoms with Crippen LogP contribution in [0.25, 0.3) is 11.3 Å². The highest BCUT2D eigenvalue weighted by atomic mass is 19.3. The number of nitrogens with zero attached hydrogens (tertiary/aromatic N) is 2. The third-order valence-corrected chi connectivity index (χ3v) is 4.95. The van der Waals surface area contributed by atoms with E-state index in [0.29, 0.717) is 19.4 Å². The Bertz CT molecular complexity index is 803. The minimum absolute atomic E-state index is 0.0618. The van der Waals surface area contributed by atoms with Crippen LogP contribution < -0.4 is 5.32 Å². The van der Waals surface area contributed by atoms with Crippen LogP contribution in [0.2, 0.25) is 0 Å². The number of halogens is 2. The number of benzene rings is 1. The molecule has 2 aromatic rings. The van der Waals surface area contributed by atoms with Crippen molar-refractivity contribution in [3.8, 4) is 11.3 Å². The van der Waals surface area contributed by atoms with E-state index in [2.05, 4.69) is 17.0 Å². The second-order valence-corrected chi connectivity index (χ2v) is 6.84. The van der Waals surface area contributed by atoms with Gasteiger partial charge in [0.05, 0.1) is 5.69 Å². The highest BCUT2D eigenvalue weighted by Gasteiger charge is 2.35. The molecule has 0 aliphatic heterocycles. The maximum Gasteiger partial charge on any atom is 0.248 e. The Morgan fingerprint density at radius 1 is 1.38 bits per heavy atom. The highest BCUT2D eigenvalue weighted by Crippen LogP contribution is 2.41. The van der Waals surface area contributed by atoms with Gasteiger partial charge >= 0.3 is 0 Å². The first-order valence-corrected chi connectivity index (χ1v) is 8.79. The van der Waals surface area contributed by atoms with Gasteiger partial charge in [0, 0.05) is 38.2 Å². The van der Waals surface area contributed by atoms with E-state index in [1.54, 1.807) is 4.68 Å². The zero-order chi connectivity index (χ0) is 18.7. The van der Waals surface area contributed by atoms with Gasteiger partial charge in [0.15, 0.2) is 0 Å². The lowest BCUT2D eigenvalue weighted by atomic mass is 9.81. The normalized spacial score (nSPS) is 17.0. The first kappa shape index (κ1) is 18.3. The summed E-state index contributed by atoms with van der Waals surface area (Å²) in [7, 11) is 1.84. The third-order valence-electron chi connectivity index (χ3n) is 4.95. The monoisotopic (exact) mass is 359 g/mol. The lowest BCUT2D eigenvalue weighted by molar-refractivity contribution is -0.116. The number of hydrogen-bond acceptors (Lipinski definition) is 2. The van der Waals surface area contributed by atoms with Gasteiger partial charge < -0.3 is 5.32 Å². The Balaban J connectivity index is 1.89. The number of aryl methyl sites for hydroxylation is 1. The zero-order valence-corrected chi connectivity index (χ0v) is 14.8. The molecule has 0 spiro atoms. The molecule has 1 aromatic carbocycles. The van der Waals surface area contributed by atoms with E-state index >= 15 is 0 Å². The molecule has 1 saturated carbocycles. The molecule has 0 radical (unpaired) electrons. The van der Waals surface area contributed by atoms with Crippen LogP contribution in [-0.4, -0.2) is 21.6 Å². The van der Waals surface area contributed by atoms with Crippen molar-refractivity contribution < 1.29 is 13.6 Å². The van der Waals surface area contributed by atoms with Crippen molar-refractivity contribution in [3.63, 3.8) is 0 Å². The molecule has 0 unspecified atom stereocenters. The number of carbonyl (C=O) groups is 1. The van der Waals surface area contributed by atoms with Crippen LogP contribution in [0.15, 0.2) is 43.1 Å². The summed E-state index contributed by atoms with van der Waals surface area (Å²) < 4.78 is 28.6. The number of alkyl halides is 2. The molecule has 1 heterocycles. The molecule has 26 heavy (non-hydrogen) atoms. The van der Waals surface area contributed by atoms with Gasteiger partial charge in [-0.05, 0) is 48.1 Å². The number of rotatable bonds is 5. The average molecular weight is 359 g/mol. The van der Waals surface area contributed by atoms with Crippen molar-refractivity contribution >= 4 is 5.91 Å². The van der Waals surface area contributed by atoms with Gasteiger partial charge in [-0.15, -0.1) is 0 Å². The number of nitrogens with one attached hydrogen (secondary N) is 1. The Kier molecular flexibility index (Phi) is 5.20. The first-order valence-electron chi connectivity index (χ1n) is 8.79. The number of aromatic nitrogens is 2. The molecule has 0 bridgehead atoms. The quantitative estimate of drug-likeness (QED) is 0.814. The van der Waals surface area contributed by atoms with Crippen molar-refractivity contribution in [2.45, 2.75) is 44.1 Å². The SMILES string of the molecule is C=CC(=O)NCc1ccc(C2CCC(F)(F)CC2)cc1-c1ccn(C)n1. The van der Waals surface area contributed by atoms with Crippen LogP contribution >= 0.6 is 0 Å². The lowest BCUT2D eigenvalue weighted by Gasteiger charge is -2.29. The summed E-state index contributed by atoms with van der Waals surface area (Å²) in [5.74, 6) is -2.64. The average Bonchev–Trinajstić information content (AvgIpc) is 3.06. The largest absolute Gasteiger partial charge is 0.348 e. The molecule has 1 aliphatic rings. The molecule has 1 amide bonds. The maximum absolute atomic E-state index is 13.5. The standard InChI is InChI=1S/C20H23F2N3O/c1-3-19(26)23-13-16-5-4-15(14-6-9-20(21,22)10-7-14)12-17(16)18-8-11-25(2)24-18/h3-5,8,11-12,14H,1,6-7,9-10,13H2,2H3,(H,23,26). The number of carbonyl (C=O) groups excluding carboxylic acids is 1. The van der Waals surface area contributed by atoms with E-state index in [1.807, 2.05) is 37.5 Å². The van der Waals surface area contributed by atoms with Gasteiger partial charge in [-0.1, -0.05) is 18.7 Å². The van der Waals surface area contributed by atoms with E-state index in [9.17, 15) is 13.6 Å². The molecular formula is C20H23F2N3O. The highest BCUT2D eigenvalue weighted by molar-refractivity contribution is 5.86. The van der Waals surface area contributed by atoms with Crippen LogP contribution in [0, 0.1) is 0 Å². The molecule has 6 heteroatoms. The summed E-state index contributed by atoms with van der Waals surface area (Å²) >= 11 is 0. The summed E-state index contributed by atoms with van der Waals surface area (Å²) in [4.78, 5) is 11.5. The number of amides is 1. The molecule has 0 atom stereocenters. The van der Waals surface area contributed by atoms with E-state index in [1.165, 1.54) is 6.08 Å². The first-order chi connectivity index (χ1) is 12.4. The van der Waals surface area contributed by atoms with Crippen LogP contribution in [0.3, 0.4) is 0 Å². The van der Waals surface area contributed by atoms with Gasteiger partial charge in [0.2, 0.25) is 11.8 Å². The molecule has 1 fully saturated rings. The molecular weight excluding hydrogens is 336 g/mol. The fraction of sp³-hybridized carbons (Fsp3) is 0.400. The maximum atomic E-state index is 13.5. The van der Waals surface area contributed by atoms with Gasteiger partial charge in [0.1, 0.15) is 0 Å². The zero-order valence-electron chi connectivity index (χ0n) is 14.8. The van der Waals surface area contributed by atoms with Crippen molar-refractivity contribution in [2.24, 2.45) is 7.05 Å². The van der Waals surface area contributed by atoms with E-state index in [-0.39, 0.29) is 24.7 Å². The predicted molar refractivity (Wildman–Crippen MR) is 96.8 cm³/mol. The van der Waals surface area contributed by atoms with Crippen molar-refractivity contribution in [1.82, 2.24) is 15.1 Å². The van der Waals surface area contributed by atoms with Crippen molar-refractivity contribution in [1.29, 1.82) is 0 Å². The van der Waals surface area contributed by atoms with Crippen LogP contribution in [0.1, 0.15) is 42.7 Å². The second kappa shape index (κ2) is 7.40. The fourth-order valence-corrected chi connectivity index (χ4v) is 3.43. The summed E-state index contributed by atoms with van der Waals surface area (Å²) in [6, 6.07) is 7.88. The molecule has 1 N–H and O–H groups in total. The summed E-state index contributed by atoms with van der Waals surface area (Å²) in [5.41, 5.74) is 3.71. The predicted octanol–water partition coefficient (Wildman–Crippen LogP) is 4.18. The van der Waals surface area contributed by atoms with Crippen LogP contribution in [0.4, 0.5) is 8.78 Å². The minimum Gasteiger partial charge on any atom is -0.348 e. The third kappa shape index (κ3) is 4.18. The Labute approximate surface area is 151 Å². The second-order valence-electron chi connectivity index (χ2n) is 6.84. The van der Waals surface area contributed by atoms with E-state index in [0.717, 1.165) is 22.4 Å². The van der Waals surface area contributed by atoms with Crippen molar-refractivity contribution in [3.05, 3.63) is 54.2 Å². The summed E-state index contributed by atoms with van der Waals surface area (Å²) in [6.45, 7) is 3.82. The molecule has 1 aromatic heterocycles. The van der Waals surface area contributed by atoms with Gasteiger partial charge in [0.25, 0.3) is 0 Å². The Morgan fingerprint density at radius 2 is 2.12 bits per heavy atom. The summed E-state index contributed by atoms with van der Waals surface area (Å²) in [6.07, 6.45) is 3.94. The molecule has 3 rings (SSSR count). The van der Waals surface area contributed by atoms with Gasteiger partial charge in [-0.3, -0.25) is 9.48 Å². The number of hydrogen-bond donors (Lipinski definition) is 1. The topological polar surface area (TPSA) is 46.9 Å². The Morgan fingerprint density at radius 3 is 2.73 bits per heavy atom. The molecule has 138 valence electrons. The van der Waals surface area contributed by atoms with Crippen LogP contribution in [-0.2, 0) is 18.4 Å². The lowest BCUT2D eigenvalue weighted by Crippen LogP contribution is -2.24. The van der Waals surface area contributed by atoms with Gasteiger partial charge in [-0.25, -0.2) is 8.78 Å². The molecule has 1 aliphatic carbocycles. The van der Waals surface area contributed by atoms with Crippen LogP contribution in [0.5, 0.6) is 0 Å². The van der Waals surface area contributed by atoms with E-state index < -0.39 is 5.92 Å². The fourth-order valence-electron chi connectivity index (χ4n) is 3.43. The molecule has 0 saturated heterocycles. The Hall–Kier alpha value is -2.50. The van der Waals surface area contributed by atoms with Crippen molar-refractivity contribution in [2.75, 3.05) is 0 Å².